The van der Waals surface area contributed by atoms with Crippen molar-refractivity contribution in [2.24, 2.45) is 0 Å². The third kappa shape index (κ3) is 3.56. The molecule has 14 heavy (non-hydrogen) atoms. The molecule has 0 N–H and O–H groups in total. The van der Waals surface area contributed by atoms with Crippen LogP contribution < -0.4 is 0 Å². The summed E-state index contributed by atoms with van der Waals surface area (Å²) in [5, 5.41) is 0. The molecule has 0 bridgehead atoms. The van der Waals surface area contributed by atoms with Gasteiger partial charge < -0.3 is 9.64 Å². The van der Waals surface area contributed by atoms with Gasteiger partial charge in [0.1, 0.15) is 5.60 Å². The van der Waals surface area contributed by atoms with Gasteiger partial charge in [-0.05, 0) is 40.0 Å². The molecular formula is C11H21NO2. The van der Waals surface area contributed by atoms with Crippen molar-refractivity contribution in [1.29, 1.82) is 0 Å². The molecule has 0 aromatic carbocycles. The monoisotopic (exact) mass is 199 g/mol. The van der Waals surface area contributed by atoms with E-state index in [1.54, 1.807) is 0 Å². The van der Waals surface area contributed by atoms with Gasteiger partial charge >= 0.3 is 6.09 Å². The molecule has 0 saturated heterocycles. The molecule has 1 aliphatic carbocycles. The van der Waals surface area contributed by atoms with Gasteiger partial charge in [-0.25, -0.2) is 4.79 Å². The Bertz CT molecular complexity index is 204. The van der Waals surface area contributed by atoms with Crippen molar-refractivity contribution in [3.05, 3.63) is 0 Å². The van der Waals surface area contributed by atoms with E-state index in [-0.39, 0.29) is 11.7 Å². The van der Waals surface area contributed by atoms with Crippen LogP contribution in [0.3, 0.4) is 0 Å². The molecule has 0 aromatic rings. The summed E-state index contributed by atoms with van der Waals surface area (Å²) in [4.78, 5) is 13.6. The number of hydrogen-bond acceptors (Lipinski definition) is 2. The van der Waals surface area contributed by atoms with Gasteiger partial charge in [0.15, 0.2) is 0 Å². The fourth-order valence-electron chi connectivity index (χ4n) is 1.37. The molecule has 3 nitrogen and oxygen atoms in total. The van der Waals surface area contributed by atoms with Crippen molar-refractivity contribution >= 4 is 6.09 Å². The summed E-state index contributed by atoms with van der Waals surface area (Å²) in [6.45, 7) is 8.62. The molecule has 0 unspecified atom stereocenters. The minimum absolute atomic E-state index is 0.151. The molecule has 3 heteroatoms. The Morgan fingerprint density at radius 1 is 1.43 bits per heavy atom. The van der Waals surface area contributed by atoms with Crippen LogP contribution in [0.15, 0.2) is 0 Å². The van der Waals surface area contributed by atoms with Crippen LogP contribution in [0.25, 0.3) is 0 Å². The molecule has 1 amide bonds. The van der Waals surface area contributed by atoms with Gasteiger partial charge in [-0.3, -0.25) is 0 Å². The van der Waals surface area contributed by atoms with Crippen molar-refractivity contribution in [2.75, 3.05) is 6.54 Å². The van der Waals surface area contributed by atoms with Crippen LogP contribution in [0.1, 0.15) is 47.0 Å². The first-order chi connectivity index (χ1) is 6.44. The zero-order valence-electron chi connectivity index (χ0n) is 9.67. The Balaban J connectivity index is 2.46. The first-order valence-electron chi connectivity index (χ1n) is 5.43. The van der Waals surface area contributed by atoms with E-state index in [4.69, 9.17) is 4.74 Å². The van der Waals surface area contributed by atoms with Gasteiger partial charge in [-0.1, -0.05) is 6.92 Å². The lowest BCUT2D eigenvalue weighted by molar-refractivity contribution is 0.0234. The normalized spacial score (nSPS) is 16.6. The van der Waals surface area contributed by atoms with Crippen molar-refractivity contribution in [3.8, 4) is 0 Å². The lowest BCUT2D eigenvalue weighted by Gasteiger charge is -2.27. The minimum Gasteiger partial charge on any atom is -0.444 e. The molecule has 0 aliphatic heterocycles. The number of nitrogens with zero attached hydrogens (tertiary/aromatic N) is 1. The maximum absolute atomic E-state index is 11.7. The van der Waals surface area contributed by atoms with E-state index in [2.05, 4.69) is 6.92 Å². The molecule has 1 saturated carbocycles. The van der Waals surface area contributed by atoms with Crippen LogP contribution in [0.4, 0.5) is 4.79 Å². The second kappa shape index (κ2) is 4.20. The van der Waals surface area contributed by atoms with E-state index >= 15 is 0 Å². The number of ether oxygens (including phenoxy) is 1. The maximum atomic E-state index is 11.7. The summed E-state index contributed by atoms with van der Waals surface area (Å²) in [5.74, 6) is 0. The largest absolute Gasteiger partial charge is 0.444 e. The summed E-state index contributed by atoms with van der Waals surface area (Å²) < 4.78 is 5.34. The predicted octanol–water partition coefficient (Wildman–Crippen LogP) is 2.80. The number of carbonyl (C=O) groups is 1. The molecular weight excluding hydrogens is 178 g/mol. The Kier molecular flexibility index (Phi) is 3.40. The maximum Gasteiger partial charge on any atom is 0.410 e. The summed E-state index contributed by atoms with van der Waals surface area (Å²) in [6, 6.07) is 0.449. The standard InChI is InChI=1S/C11H21NO2/c1-5-8-12(9-6-7-9)10(13)14-11(2,3)4/h9H,5-8H2,1-4H3. The Hall–Kier alpha value is -0.730. The smallest absolute Gasteiger partial charge is 0.410 e. The van der Waals surface area contributed by atoms with Gasteiger partial charge in [-0.15, -0.1) is 0 Å². The number of amides is 1. The fourth-order valence-corrected chi connectivity index (χ4v) is 1.37. The fraction of sp³-hybridized carbons (Fsp3) is 0.909. The molecule has 1 aliphatic rings. The lowest BCUT2D eigenvalue weighted by Crippen LogP contribution is -2.38. The van der Waals surface area contributed by atoms with Crippen molar-refractivity contribution < 1.29 is 9.53 Å². The molecule has 0 radical (unpaired) electrons. The zero-order chi connectivity index (χ0) is 10.8. The topological polar surface area (TPSA) is 29.5 Å². The van der Waals surface area contributed by atoms with E-state index in [0.717, 1.165) is 25.8 Å². The van der Waals surface area contributed by atoms with Crippen molar-refractivity contribution in [3.63, 3.8) is 0 Å². The molecule has 0 aromatic heterocycles. The van der Waals surface area contributed by atoms with Crippen LogP contribution in [-0.4, -0.2) is 29.2 Å². The minimum atomic E-state index is -0.377. The van der Waals surface area contributed by atoms with Crippen molar-refractivity contribution in [2.45, 2.75) is 58.6 Å². The molecule has 0 spiro atoms. The van der Waals surface area contributed by atoms with Crippen LogP contribution in [0.5, 0.6) is 0 Å². The lowest BCUT2D eigenvalue weighted by atomic mass is 10.2. The summed E-state index contributed by atoms with van der Waals surface area (Å²) in [6.07, 6.45) is 3.12. The van der Waals surface area contributed by atoms with Crippen LogP contribution in [-0.2, 0) is 4.74 Å². The Morgan fingerprint density at radius 2 is 2.00 bits per heavy atom. The molecule has 1 rings (SSSR count). The molecule has 82 valence electrons. The van der Waals surface area contributed by atoms with E-state index < -0.39 is 0 Å². The van der Waals surface area contributed by atoms with Crippen LogP contribution >= 0.6 is 0 Å². The van der Waals surface area contributed by atoms with Gasteiger partial charge in [-0.2, -0.15) is 0 Å². The SMILES string of the molecule is CCCN(C(=O)OC(C)(C)C)C1CC1. The highest BCUT2D eigenvalue weighted by Crippen LogP contribution is 2.28. The predicted molar refractivity (Wildman–Crippen MR) is 56.3 cm³/mol. The average molecular weight is 199 g/mol. The number of rotatable bonds is 3. The first-order valence-corrected chi connectivity index (χ1v) is 5.43. The Morgan fingerprint density at radius 3 is 2.36 bits per heavy atom. The van der Waals surface area contributed by atoms with Crippen LogP contribution in [0, 0.1) is 0 Å². The van der Waals surface area contributed by atoms with E-state index in [1.165, 1.54) is 0 Å². The van der Waals surface area contributed by atoms with Gasteiger partial charge in [0, 0.05) is 12.6 Å². The average Bonchev–Trinajstić information content (AvgIpc) is 2.78. The first kappa shape index (κ1) is 11.3. The second-order valence-corrected chi connectivity index (χ2v) is 4.90. The zero-order valence-corrected chi connectivity index (χ0v) is 9.67. The molecule has 0 heterocycles. The summed E-state index contributed by atoms with van der Waals surface area (Å²) >= 11 is 0. The van der Waals surface area contributed by atoms with E-state index in [1.807, 2.05) is 25.7 Å². The van der Waals surface area contributed by atoms with Gasteiger partial charge in [0.2, 0.25) is 0 Å². The third-order valence-corrected chi connectivity index (χ3v) is 2.08. The molecule has 0 atom stereocenters. The van der Waals surface area contributed by atoms with E-state index in [0.29, 0.717) is 6.04 Å². The number of hydrogen-bond donors (Lipinski definition) is 0. The molecule has 1 fully saturated rings. The van der Waals surface area contributed by atoms with Crippen LogP contribution in [0.2, 0.25) is 0 Å². The highest BCUT2D eigenvalue weighted by molar-refractivity contribution is 5.69. The van der Waals surface area contributed by atoms with E-state index in [9.17, 15) is 4.79 Å². The summed E-state index contributed by atoms with van der Waals surface area (Å²) in [7, 11) is 0. The highest BCUT2D eigenvalue weighted by atomic mass is 16.6. The van der Waals surface area contributed by atoms with Crippen molar-refractivity contribution in [1.82, 2.24) is 4.90 Å². The highest BCUT2D eigenvalue weighted by Gasteiger charge is 2.34. The van der Waals surface area contributed by atoms with Gasteiger partial charge in [0.05, 0.1) is 0 Å². The third-order valence-electron chi connectivity index (χ3n) is 2.08. The second-order valence-electron chi connectivity index (χ2n) is 4.90. The Labute approximate surface area is 86.4 Å². The van der Waals surface area contributed by atoms with Gasteiger partial charge in [0.25, 0.3) is 0 Å². The number of carbonyl (C=O) groups excluding carboxylic acids is 1. The summed E-state index contributed by atoms with van der Waals surface area (Å²) in [5.41, 5.74) is -0.377. The quantitative estimate of drug-likeness (QED) is 0.699.